The number of carboxylic acid groups (broad SMARTS) is 1. The Kier molecular flexibility index (Phi) is 3.31. The van der Waals surface area contributed by atoms with Gasteiger partial charge < -0.3 is 14.6 Å². The normalized spacial score (nSPS) is 14.5. The maximum Gasteiger partial charge on any atom is 0.339 e. The van der Waals surface area contributed by atoms with Crippen molar-refractivity contribution in [3.8, 4) is 0 Å². The third-order valence-electron chi connectivity index (χ3n) is 2.22. The lowest BCUT2D eigenvalue weighted by atomic mass is 9.94. The van der Waals surface area contributed by atoms with E-state index in [0.717, 1.165) is 0 Å². The highest BCUT2D eigenvalue weighted by Gasteiger charge is 2.31. The van der Waals surface area contributed by atoms with E-state index in [2.05, 4.69) is 6.58 Å². The van der Waals surface area contributed by atoms with E-state index in [0.29, 0.717) is 12.8 Å². The molecule has 1 aromatic rings. The molecule has 0 saturated heterocycles. The molecule has 0 aliphatic carbocycles. The average Bonchev–Trinajstić information content (AvgIpc) is 2.63. The van der Waals surface area contributed by atoms with E-state index in [9.17, 15) is 9.90 Å². The Morgan fingerprint density at radius 3 is 2.93 bits per heavy atom. The Balaban J connectivity index is 2.98. The molecule has 4 heteroatoms. The molecule has 0 spiro atoms. The van der Waals surface area contributed by atoms with Crippen molar-refractivity contribution in [2.45, 2.75) is 25.4 Å². The van der Waals surface area contributed by atoms with Gasteiger partial charge in [0, 0.05) is 0 Å². The first-order valence-corrected chi connectivity index (χ1v) is 4.63. The third kappa shape index (κ3) is 2.47. The molecule has 1 heterocycles. The first-order valence-electron chi connectivity index (χ1n) is 4.63. The minimum atomic E-state index is -1.27. The highest BCUT2D eigenvalue weighted by molar-refractivity contribution is 5.88. The van der Waals surface area contributed by atoms with Gasteiger partial charge in [-0.1, -0.05) is 6.08 Å². The summed E-state index contributed by atoms with van der Waals surface area (Å²) in [5.41, 5.74) is -1.27. The molecule has 4 nitrogen and oxygen atoms in total. The molecule has 0 radical (unpaired) electrons. The topological polar surface area (TPSA) is 70.7 Å². The predicted molar refractivity (Wildman–Crippen MR) is 54.7 cm³/mol. The highest BCUT2D eigenvalue weighted by Crippen LogP contribution is 2.29. The van der Waals surface area contributed by atoms with Crippen molar-refractivity contribution >= 4 is 5.97 Å². The summed E-state index contributed by atoms with van der Waals surface area (Å²) in [6, 6.07) is 1.33. The first-order chi connectivity index (χ1) is 6.99. The Morgan fingerprint density at radius 2 is 2.40 bits per heavy atom. The fourth-order valence-corrected chi connectivity index (χ4v) is 1.39. The zero-order valence-electron chi connectivity index (χ0n) is 8.56. The van der Waals surface area contributed by atoms with Gasteiger partial charge in [0.25, 0.3) is 0 Å². The molecule has 0 saturated carbocycles. The van der Waals surface area contributed by atoms with Crippen LogP contribution in [0.1, 0.15) is 35.9 Å². The molecule has 1 unspecified atom stereocenters. The Morgan fingerprint density at radius 1 is 1.73 bits per heavy atom. The van der Waals surface area contributed by atoms with Crippen LogP contribution in [0.25, 0.3) is 0 Å². The second-order valence-corrected chi connectivity index (χ2v) is 3.57. The van der Waals surface area contributed by atoms with Crippen molar-refractivity contribution in [3.05, 3.63) is 36.3 Å². The molecule has 2 N–H and O–H groups in total. The average molecular weight is 210 g/mol. The zero-order valence-corrected chi connectivity index (χ0v) is 8.56. The Labute approximate surface area is 87.8 Å². The van der Waals surface area contributed by atoms with Crippen molar-refractivity contribution in [1.82, 2.24) is 0 Å². The molecular weight excluding hydrogens is 196 g/mol. The van der Waals surface area contributed by atoms with Crippen LogP contribution in [0, 0.1) is 0 Å². The van der Waals surface area contributed by atoms with Crippen LogP contribution >= 0.6 is 0 Å². The van der Waals surface area contributed by atoms with Crippen molar-refractivity contribution in [2.75, 3.05) is 0 Å². The molecular formula is C11H14O4. The van der Waals surface area contributed by atoms with Crippen molar-refractivity contribution < 1.29 is 19.4 Å². The quantitative estimate of drug-likeness (QED) is 0.730. The van der Waals surface area contributed by atoms with Gasteiger partial charge in [-0.2, -0.15) is 0 Å². The smallest absolute Gasteiger partial charge is 0.339 e. The second kappa shape index (κ2) is 4.31. The summed E-state index contributed by atoms with van der Waals surface area (Å²) in [6.45, 7) is 5.07. The SMILES string of the molecule is C=CCCC(C)(O)c1occc1C(=O)O. The van der Waals surface area contributed by atoms with Gasteiger partial charge in [0.15, 0.2) is 0 Å². The van der Waals surface area contributed by atoms with E-state index in [4.69, 9.17) is 9.52 Å². The van der Waals surface area contributed by atoms with E-state index >= 15 is 0 Å². The van der Waals surface area contributed by atoms with Crippen LogP contribution < -0.4 is 0 Å². The monoisotopic (exact) mass is 210 g/mol. The van der Waals surface area contributed by atoms with Crippen LogP contribution in [0.5, 0.6) is 0 Å². The molecule has 1 aromatic heterocycles. The van der Waals surface area contributed by atoms with Crippen molar-refractivity contribution in [2.24, 2.45) is 0 Å². The van der Waals surface area contributed by atoms with Crippen LogP contribution in [0.2, 0.25) is 0 Å². The van der Waals surface area contributed by atoms with Gasteiger partial charge in [-0.15, -0.1) is 6.58 Å². The first kappa shape index (κ1) is 11.5. The zero-order chi connectivity index (χ0) is 11.5. The minimum Gasteiger partial charge on any atom is -0.478 e. The van der Waals surface area contributed by atoms with E-state index in [-0.39, 0.29) is 11.3 Å². The number of carbonyl (C=O) groups is 1. The number of aromatic carboxylic acids is 1. The molecule has 1 atom stereocenters. The molecule has 0 aliphatic rings. The lowest BCUT2D eigenvalue weighted by Crippen LogP contribution is -2.22. The lowest BCUT2D eigenvalue weighted by molar-refractivity contribution is 0.0236. The summed E-state index contributed by atoms with van der Waals surface area (Å²) in [5, 5.41) is 18.9. The number of hydrogen-bond acceptors (Lipinski definition) is 3. The van der Waals surface area contributed by atoms with E-state index in [1.54, 1.807) is 6.08 Å². The molecule has 15 heavy (non-hydrogen) atoms. The molecule has 0 aliphatic heterocycles. The summed E-state index contributed by atoms with van der Waals surface area (Å²) in [4.78, 5) is 10.8. The number of aliphatic hydroxyl groups is 1. The minimum absolute atomic E-state index is 0.00376. The molecule has 0 aromatic carbocycles. The standard InChI is InChI=1S/C11H14O4/c1-3-4-6-11(2,14)9-8(10(12)13)5-7-15-9/h3,5,7,14H,1,4,6H2,2H3,(H,12,13). The van der Waals surface area contributed by atoms with Gasteiger partial charge in [-0.3, -0.25) is 0 Å². The fourth-order valence-electron chi connectivity index (χ4n) is 1.39. The second-order valence-electron chi connectivity index (χ2n) is 3.57. The van der Waals surface area contributed by atoms with Gasteiger partial charge in [-0.25, -0.2) is 4.79 Å². The van der Waals surface area contributed by atoms with Crippen molar-refractivity contribution in [3.63, 3.8) is 0 Å². The lowest BCUT2D eigenvalue weighted by Gasteiger charge is -2.20. The van der Waals surface area contributed by atoms with Gasteiger partial charge in [0.05, 0.1) is 6.26 Å². The van der Waals surface area contributed by atoms with Crippen LogP contribution in [-0.2, 0) is 5.60 Å². The molecule has 82 valence electrons. The van der Waals surface area contributed by atoms with Crippen LogP contribution in [0.3, 0.4) is 0 Å². The molecule has 0 amide bonds. The summed E-state index contributed by atoms with van der Waals surface area (Å²) in [6.07, 6.45) is 3.90. The molecule has 0 fully saturated rings. The van der Waals surface area contributed by atoms with E-state index < -0.39 is 11.6 Å². The predicted octanol–water partition coefficient (Wildman–Crippen LogP) is 2.15. The van der Waals surface area contributed by atoms with Crippen LogP contribution in [0.4, 0.5) is 0 Å². The van der Waals surface area contributed by atoms with Gasteiger partial charge in [-0.05, 0) is 25.8 Å². The Bertz CT molecular complexity index is 362. The van der Waals surface area contributed by atoms with Crippen LogP contribution in [0.15, 0.2) is 29.4 Å². The van der Waals surface area contributed by atoms with Crippen molar-refractivity contribution in [1.29, 1.82) is 0 Å². The van der Waals surface area contributed by atoms with E-state index in [1.165, 1.54) is 19.3 Å². The molecule has 1 rings (SSSR count). The highest BCUT2D eigenvalue weighted by atomic mass is 16.4. The van der Waals surface area contributed by atoms with Gasteiger partial charge >= 0.3 is 5.97 Å². The summed E-state index contributed by atoms with van der Waals surface area (Å²) in [5.74, 6) is -1.01. The van der Waals surface area contributed by atoms with Gasteiger partial charge in [0.2, 0.25) is 0 Å². The Hall–Kier alpha value is -1.55. The summed E-state index contributed by atoms with van der Waals surface area (Å²) in [7, 11) is 0. The molecule has 0 bridgehead atoms. The maximum absolute atomic E-state index is 10.8. The van der Waals surface area contributed by atoms with Gasteiger partial charge in [0.1, 0.15) is 16.9 Å². The summed E-state index contributed by atoms with van der Waals surface area (Å²) >= 11 is 0. The maximum atomic E-state index is 10.8. The van der Waals surface area contributed by atoms with E-state index in [1.807, 2.05) is 0 Å². The number of hydrogen-bond donors (Lipinski definition) is 2. The largest absolute Gasteiger partial charge is 0.478 e. The number of allylic oxidation sites excluding steroid dienone is 1. The summed E-state index contributed by atoms with van der Waals surface area (Å²) < 4.78 is 5.02. The fraction of sp³-hybridized carbons (Fsp3) is 0.364. The number of furan rings is 1. The number of rotatable bonds is 5. The van der Waals surface area contributed by atoms with Crippen LogP contribution in [-0.4, -0.2) is 16.2 Å². The number of carboxylic acids is 1. The third-order valence-corrected chi connectivity index (χ3v) is 2.22.